The molecule has 0 saturated heterocycles. The predicted octanol–water partition coefficient (Wildman–Crippen LogP) is 5.84. The largest absolute Gasteiger partial charge is 0.496 e. The first-order valence-corrected chi connectivity index (χ1v) is 8.00. The molecule has 0 aliphatic rings. The first-order chi connectivity index (χ1) is 9.88. The number of alkyl halides is 1. The second-order valence-electron chi connectivity index (χ2n) is 4.75. The summed E-state index contributed by atoms with van der Waals surface area (Å²) in [6.07, 6.45) is 0. The highest BCUT2D eigenvalue weighted by molar-refractivity contribution is 9.10. The van der Waals surface area contributed by atoms with Crippen LogP contribution < -0.4 is 4.74 Å². The van der Waals surface area contributed by atoms with Gasteiger partial charge in [-0.25, -0.2) is 8.78 Å². The van der Waals surface area contributed by atoms with Crippen LogP contribution in [0, 0.1) is 25.5 Å². The molecule has 0 amide bonds. The van der Waals surface area contributed by atoms with Crippen molar-refractivity contribution < 1.29 is 13.5 Å². The minimum Gasteiger partial charge on any atom is -0.496 e. The van der Waals surface area contributed by atoms with Gasteiger partial charge in [0.2, 0.25) is 0 Å². The van der Waals surface area contributed by atoms with Crippen molar-refractivity contribution in [3.05, 3.63) is 62.6 Å². The standard InChI is InChI=1S/C16H14Br2F2O/c1-8-7-10(17)9(2)13(16(8)21-3)15(18)14-11(19)5-4-6-12(14)20/h4-7,15H,1-3H3. The van der Waals surface area contributed by atoms with E-state index in [9.17, 15) is 8.78 Å². The number of aryl methyl sites for hydroxylation is 1. The molecule has 112 valence electrons. The Bertz CT molecular complexity index is 666. The Labute approximate surface area is 139 Å². The average Bonchev–Trinajstić information content (AvgIpc) is 2.42. The molecule has 5 heteroatoms. The topological polar surface area (TPSA) is 9.23 Å². The van der Waals surface area contributed by atoms with Gasteiger partial charge in [-0.3, -0.25) is 0 Å². The summed E-state index contributed by atoms with van der Waals surface area (Å²) in [5.74, 6) is -0.549. The summed E-state index contributed by atoms with van der Waals surface area (Å²) in [5.41, 5.74) is 2.47. The summed E-state index contributed by atoms with van der Waals surface area (Å²) in [6, 6.07) is 5.78. The summed E-state index contributed by atoms with van der Waals surface area (Å²) in [6.45, 7) is 3.78. The van der Waals surface area contributed by atoms with Crippen molar-refractivity contribution in [2.75, 3.05) is 7.11 Å². The Morgan fingerprint density at radius 3 is 2.19 bits per heavy atom. The normalized spacial score (nSPS) is 12.3. The molecule has 1 nitrogen and oxygen atoms in total. The predicted molar refractivity (Wildman–Crippen MR) is 87.3 cm³/mol. The molecule has 2 rings (SSSR count). The summed E-state index contributed by atoms with van der Waals surface area (Å²) >= 11 is 6.90. The first-order valence-electron chi connectivity index (χ1n) is 6.30. The fraction of sp³-hybridized carbons (Fsp3) is 0.250. The highest BCUT2D eigenvalue weighted by atomic mass is 79.9. The third-order valence-corrected chi connectivity index (χ3v) is 5.16. The van der Waals surface area contributed by atoms with Crippen molar-refractivity contribution in [2.45, 2.75) is 18.7 Å². The maximum atomic E-state index is 14.0. The number of benzene rings is 2. The molecule has 1 atom stereocenters. The maximum absolute atomic E-state index is 14.0. The Hall–Kier alpha value is -0.940. The molecule has 21 heavy (non-hydrogen) atoms. The molecule has 0 heterocycles. The van der Waals surface area contributed by atoms with Crippen LogP contribution in [0.2, 0.25) is 0 Å². The number of rotatable bonds is 3. The molecular formula is C16H14Br2F2O. The van der Waals surface area contributed by atoms with Gasteiger partial charge in [0.15, 0.2) is 0 Å². The van der Waals surface area contributed by atoms with Crippen molar-refractivity contribution in [3.63, 3.8) is 0 Å². The summed E-state index contributed by atoms with van der Waals surface area (Å²) in [4.78, 5) is -0.634. The second-order valence-corrected chi connectivity index (χ2v) is 6.52. The number of ether oxygens (including phenoxy) is 1. The van der Waals surface area contributed by atoms with Crippen LogP contribution in [0.25, 0.3) is 0 Å². The molecule has 0 N–H and O–H groups in total. The van der Waals surface area contributed by atoms with Gasteiger partial charge in [0.05, 0.1) is 11.9 Å². The molecule has 0 radical (unpaired) electrons. The van der Waals surface area contributed by atoms with E-state index in [1.165, 1.54) is 18.2 Å². The van der Waals surface area contributed by atoms with E-state index in [2.05, 4.69) is 31.9 Å². The van der Waals surface area contributed by atoms with Crippen LogP contribution in [0.3, 0.4) is 0 Å². The van der Waals surface area contributed by atoms with E-state index in [0.717, 1.165) is 15.6 Å². The number of hydrogen-bond donors (Lipinski definition) is 0. The molecule has 0 saturated carbocycles. The van der Waals surface area contributed by atoms with E-state index < -0.39 is 16.5 Å². The Morgan fingerprint density at radius 1 is 1.10 bits per heavy atom. The Morgan fingerprint density at radius 2 is 1.67 bits per heavy atom. The molecule has 0 aromatic heterocycles. The number of methoxy groups -OCH3 is 1. The zero-order chi connectivity index (χ0) is 15.7. The van der Waals surface area contributed by atoms with E-state index >= 15 is 0 Å². The van der Waals surface area contributed by atoms with Gasteiger partial charge in [-0.2, -0.15) is 0 Å². The maximum Gasteiger partial charge on any atom is 0.130 e. The molecule has 0 spiro atoms. The van der Waals surface area contributed by atoms with Crippen LogP contribution in [0.4, 0.5) is 8.78 Å². The summed E-state index contributed by atoms with van der Waals surface area (Å²) in [7, 11) is 1.55. The zero-order valence-electron chi connectivity index (χ0n) is 11.8. The number of halogens is 4. The van der Waals surface area contributed by atoms with Crippen LogP contribution in [-0.2, 0) is 0 Å². The lowest BCUT2D eigenvalue weighted by molar-refractivity contribution is 0.406. The zero-order valence-corrected chi connectivity index (χ0v) is 15.0. The molecular weight excluding hydrogens is 406 g/mol. The number of hydrogen-bond acceptors (Lipinski definition) is 1. The van der Waals surface area contributed by atoms with Crippen molar-refractivity contribution >= 4 is 31.9 Å². The Kier molecular flexibility index (Phi) is 5.04. The lowest BCUT2D eigenvalue weighted by Gasteiger charge is -2.21. The minimum atomic E-state index is -0.634. The minimum absolute atomic E-state index is 0.0172. The summed E-state index contributed by atoms with van der Waals surface area (Å²) < 4.78 is 34.4. The van der Waals surface area contributed by atoms with Crippen LogP contribution in [0.1, 0.15) is 27.1 Å². The van der Waals surface area contributed by atoms with Gasteiger partial charge in [-0.15, -0.1) is 0 Å². The molecule has 1 unspecified atom stereocenters. The van der Waals surface area contributed by atoms with Crippen molar-refractivity contribution in [2.24, 2.45) is 0 Å². The van der Waals surface area contributed by atoms with E-state index in [1.807, 2.05) is 19.9 Å². The van der Waals surface area contributed by atoms with E-state index in [-0.39, 0.29) is 5.56 Å². The Balaban J connectivity index is 2.71. The summed E-state index contributed by atoms with van der Waals surface area (Å²) in [5, 5.41) is 0. The van der Waals surface area contributed by atoms with Gasteiger partial charge in [0, 0.05) is 15.6 Å². The van der Waals surface area contributed by atoms with Gasteiger partial charge in [0.25, 0.3) is 0 Å². The van der Waals surface area contributed by atoms with Crippen LogP contribution in [0.15, 0.2) is 28.7 Å². The van der Waals surface area contributed by atoms with Gasteiger partial charge in [-0.05, 0) is 43.2 Å². The molecule has 0 bridgehead atoms. The van der Waals surface area contributed by atoms with Crippen molar-refractivity contribution in [1.29, 1.82) is 0 Å². The molecule has 0 aliphatic carbocycles. The quantitative estimate of drug-likeness (QED) is 0.568. The lowest BCUT2D eigenvalue weighted by atomic mass is 9.96. The van der Waals surface area contributed by atoms with Gasteiger partial charge in [-0.1, -0.05) is 37.9 Å². The fourth-order valence-electron chi connectivity index (χ4n) is 2.35. The first kappa shape index (κ1) is 16.4. The molecule has 2 aromatic rings. The average molecular weight is 420 g/mol. The van der Waals surface area contributed by atoms with E-state index in [1.54, 1.807) is 7.11 Å². The van der Waals surface area contributed by atoms with Crippen LogP contribution >= 0.6 is 31.9 Å². The SMILES string of the molecule is COc1c(C)cc(Br)c(C)c1C(Br)c1c(F)cccc1F. The van der Waals surface area contributed by atoms with Crippen LogP contribution in [0.5, 0.6) is 5.75 Å². The molecule has 0 fully saturated rings. The fourth-order valence-corrected chi connectivity index (χ4v) is 3.89. The van der Waals surface area contributed by atoms with Gasteiger partial charge < -0.3 is 4.74 Å². The van der Waals surface area contributed by atoms with Gasteiger partial charge in [0.1, 0.15) is 17.4 Å². The smallest absolute Gasteiger partial charge is 0.130 e. The highest BCUT2D eigenvalue weighted by Crippen LogP contribution is 2.44. The van der Waals surface area contributed by atoms with E-state index in [4.69, 9.17) is 4.74 Å². The monoisotopic (exact) mass is 418 g/mol. The lowest BCUT2D eigenvalue weighted by Crippen LogP contribution is -2.06. The third kappa shape index (κ3) is 2.99. The highest BCUT2D eigenvalue weighted by Gasteiger charge is 2.26. The second kappa shape index (κ2) is 6.44. The molecule has 2 aromatic carbocycles. The molecule has 0 aliphatic heterocycles. The van der Waals surface area contributed by atoms with Crippen molar-refractivity contribution in [1.82, 2.24) is 0 Å². The van der Waals surface area contributed by atoms with E-state index in [0.29, 0.717) is 11.3 Å². The van der Waals surface area contributed by atoms with Gasteiger partial charge >= 0.3 is 0 Å². The van der Waals surface area contributed by atoms with Crippen LogP contribution in [-0.4, -0.2) is 7.11 Å². The third-order valence-electron chi connectivity index (χ3n) is 3.42. The van der Waals surface area contributed by atoms with Crippen molar-refractivity contribution in [3.8, 4) is 5.75 Å².